The molecule has 3 heterocycles. The molecule has 0 radical (unpaired) electrons. The average Bonchev–Trinajstić information content (AvgIpc) is 3.26. The normalized spacial score (nSPS) is 16.7. The van der Waals surface area contributed by atoms with Gasteiger partial charge in [-0.05, 0) is 58.7 Å². The number of hydrogen-bond donors (Lipinski definition) is 1. The molecular weight excluding hydrogens is 482 g/mol. The van der Waals surface area contributed by atoms with Gasteiger partial charge >= 0.3 is 6.09 Å². The maximum atomic E-state index is 13.0. The number of hydrogen-bond acceptors (Lipinski definition) is 7. The van der Waals surface area contributed by atoms with Gasteiger partial charge in [0.15, 0.2) is 5.65 Å². The minimum absolute atomic E-state index is 0.139. The Morgan fingerprint density at radius 2 is 1.89 bits per heavy atom. The van der Waals surface area contributed by atoms with Crippen LogP contribution in [0.5, 0.6) is 0 Å². The van der Waals surface area contributed by atoms with Crippen LogP contribution in [-0.2, 0) is 26.1 Å². The van der Waals surface area contributed by atoms with Crippen LogP contribution in [0.3, 0.4) is 0 Å². The van der Waals surface area contributed by atoms with Crippen LogP contribution in [0.1, 0.15) is 44.9 Å². The predicted octanol–water partition coefficient (Wildman–Crippen LogP) is 3.24. The largest absolute Gasteiger partial charge is 0.444 e. The van der Waals surface area contributed by atoms with Crippen molar-refractivity contribution in [1.29, 1.82) is 0 Å². The van der Waals surface area contributed by atoms with Crippen LogP contribution in [0.2, 0.25) is 0 Å². The summed E-state index contributed by atoms with van der Waals surface area (Å²) in [6.45, 7) is 8.31. The number of amides is 2. The van der Waals surface area contributed by atoms with E-state index < -0.39 is 21.7 Å². The number of aryl methyl sites for hydroxylation is 1. The molecule has 192 valence electrons. The number of fused-ring (bicyclic) bond motifs is 1. The number of carbonyl (C=O) groups is 2. The summed E-state index contributed by atoms with van der Waals surface area (Å²) >= 11 is 0. The van der Waals surface area contributed by atoms with E-state index in [2.05, 4.69) is 15.3 Å². The zero-order chi connectivity index (χ0) is 26.1. The number of aromatic nitrogens is 3. The lowest BCUT2D eigenvalue weighted by Crippen LogP contribution is -2.46. The van der Waals surface area contributed by atoms with Gasteiger partial charge in [0.05, 0.1) is 29.2 Å². The summed E-state index contributed by atoms with van der Waals surface area (Å²) in [6, 6.07) is 8.18. The smallest absolute Gasteiger partial charge is 0.410 e. The molecule has 3 aromatic rings. The third-order valence-electron chi connectivity index (χ3n) is 5.87. The van der Waals surface area contributed by atoms with Crippen LogP contribution in [-0.4, -0.2) is 57.9 Å². The van der Waals surface area contributed by atoms with Gasteiger partial charge in [-0.1, -0.05) is 17.7 Å². The van der Waals surface area contributed by atoms with E-state index in [1.165, 1.54) is 12.4 Å². The molecule has 0 bridgehead atoms. The van der Waals surface area contributed by atoms with E-state index >= 15 is 0 Å². The molecule has 0 saturated carbocycles. The van der Waals surface area contributed by atoms with E-state index in [-0.39, 0.29) is 28.9 Å². The molecule has 1 saturated heterocycles. The van der Waals surface area contributed by atoms with Gasteiger partial charge in [-0.15, -0.1) is 0 Å². The van der Waals surface area contributed by atoms with E-state index in [9.17, 15) is 18.0 Å². The molecule has 11 heteroatoms. The number of rotatable bonds is 5. The Hall–Kier alpha value is -3.47. The van der Waals surface area contributed by atoms with E-state index in [0.717, 1.165) is 9.54 Å². The molecule has 0 unspecified atom stereocenters. The van der Waals surface area contributed by atoms with Crippen LogP contribution in [0.15, 0.2) is 47.6 Å². The van der Waals surface area contributed by atoms with Crippen LogP contribution in [0.4, 0.5) is 4.79 Å². The van der Waals surface area contributed by atoms with Crippen molar-refractivity contribution < 1.29 is 22.7 Å². The first kappa shape index (κ1) is 25.6. The van der Waals surface area contributed by atoms with Gasteiger partial charge in [0.25, 0.3) is 10.0 Å². The Labute approximate surface area is 210 Å². The van der Waals surface area contributed by atoms with Crippen molar-refractivity contribution in [1.82, 2.24) is 24.2 Å². The molecule has 2 aromatic heterocycles. The molecule has 1 N–H and O–H groups in total. The topological polar surface area (TPSA) is 123 Å². The second-order valence-corrected chi connectivity index (χ2v) is 11.8. The van der Waals surface area contributed by atoms with Gasteiger partial charge in [0, 0.05) is 19.3 Å². The third-order valence-corrected chi connectivity index (χ3v) is 7.55. The van der Waals surface area contributed by atoms with E-state index in [0.29, 0.717) is 37.1 Å². The van der Waals surface area contributed by atoms with Crippen LogP contribution in [0.25, 0.3) is 11.2 Å². The fraction of sp³-hybridized carbons (Fsp3) is 0.440. The maximum absolute atomic E-state index is 13.0. The Balaban J connectivity index is 1.41. The Kier molecular flexibility index (Phi) is 7.03. The predicted molar refractivity (Wildman–Crippen MR) is 134 cm³/mol. The van der Waals surface area contributed by atoms with Crippen molar-refractivity contribution in [3.8, 4) is 0 Å². The number of ether oxygens (including phenoxy) is 1. The van der Waals surface area contributed by atoms with Crippen molar-refractivity contribution in [2.24, 2.45) is 5.92 Å². The first-order chi connectivity index (χ1) is 16.9. The first-order valence-corrected chi connectivity index (χ1v) is 13.3. The number of benzene rings is 1. The van der Waals surface area contributed by atoms with E-state index in [1.54, 1.807) is 35.2 Å². The van der Waals surface area contributed by atoms with E-state index in [4.69, 9.17) is 4.74 Å². The average molecular weight is 514 g/mol. The fourth-order valence-corrected chi connectivity index (χ4v) is 5.33. The third kappa shape index (κ3) is 5.67. The molecule has 4 rings (SSSR count). The zero-order valence-electron chi connectivity index (χ0n) is 20.9. The van der Waals surface area contributed by atoms with Crippen molar-refractivity contribution in [2.75, 3.05) is 13.1 Å². The van der Waals surface area contributed by atoms with Gasteiger partial charge in [-0.3, -0.25) is 4.79 Å². The maximum Gasteiger partial charge on any atom is 0.410 e. The van der Waals surface area contributed by atoms with Crippen molar-refractivity contribution >= 4 is 33.2 Å². The summed E-state index contributed by atoms with van der Waals surface area (Å²) in [5.74, 6) is -0.520. The SMILES string of the molecule is Cc1ccc(S(=O)(=O)n2ccc3nc(CNC(=O)[C@@H]4CCCN(C(=O)OC(C)(C)C)C4)cnc32)cc1. The zero-order valence-corrected chi connectivity index (χ0v) is 21.7. The van der Waals surface area contributed by atoms with Crippen LogP contribution >= 0.6 is 0 Å². The molecule has 1 aliphatic heterocycles. The minimum atomic E-state index is -3.81. The number of nitrogens with one attached hydrogen (secondary N) is 1. The molecule has 1 fully saturated rings. The highest BCUT2D eigenvalue weighted by molar-refractivity contribution is 7.90. The molecule has 1 aliphatic rings. The summed E-state index contributed by atoms with van der Waals surface area (Å²) in [5.41, 5.74) is 1.49. The van der Waals surface area contributed by atoms with Gasteiger partial charge < -0.3 is 15.0 Å². The second-order valence-electron chi connectivity index (χ2n) is 9.98. The van der Waals surface area contributed by atoms with Crippen molar-refractivity contribution in [3.05, 3.63) is 54.0 Å². The number of nitrogens with zero attached hydrogens (tertiary/aromatic N) is 4. The lowest BCUT2D eigenvalue weighted by atomic mass is 9.97. The highest BCUT2D eigenvalue weighted by Crippen LogP contribution is 2.22. The first-order valence-electron chi connectivity index (χ1n) is 11.8. The summed E-state index contributed by atoms with van der Waals surface area (Å²) in [7, 11) is -3.81. The molecule has 36 heavy (non-hydrogen) atoms. The Morgan fingerprint density at radius 3 is 2.58 bits per heavy atom. The lowest BCUT2D eigenvalue weighted by Gasteiger charge is -2.33. The Morgan fingerprint density at radius 1 is 1.17 bits per heavy atom. The standard InChI is InChI=1S/C25H31N5O5S/c1-17-7-9-20(10-8-17)36(33,34)30-13-11-21-22(30)26-14-19(28-21)15-27-23(31)18-6-5-12-29(16-18)24(32)35-25(2,3)4/h7-11,13-14,18H,5-6,12,15-16H2,1-4H3,(H,27,31)/t18-/m1/s1. The molecule has 1 aromatic carbocycles. The van der Waals surface area contributed by atoms with E-state index in [1.807, 2.05) is 27.7 Å². The molecule has 2 amide bonds. The van der Waals surface area contributed by atoms with Gasteiger partial charge in [0.1, 0.15) is 11.1 Å². The lowest BCUT2D eigenvalue weighted by molar-refractivity contribution is -0.126. The van der Waals surface area contributed by atoms with Crippen molar-refractivity contribution in [2.45, 2.75) is 57.6 Å². The summed E-state index contributed by atoms with van der Waals surface area (Å²) in [4.78, 5) is 35.7. The summed E-state index contributed by atoms with van der Waals surface area (Å²) in [6.07, 6.45) is 3.86. The molecule has 10 nitrogen and oxygen atoms in total. The molecule has 1 atom stereocenters. The van der Waals surface area contributed by atoms with Crippen LogP contribution < -0.4 is 5.32 Å². The molecule has 0 spiro atoms. The number of piperidine rings is 1. The molecule has 0 aliphatic carbocycles. The highest BCUT2D eigenvalue weighted by Gasteiger charge is 2.31. The number of carbonyl (C=O) groups excluding carboxylic acids is 2. The second kappa shape index (κ2) is 9.88. The summed E-state index contributed by atoms with van der Waals surface area (Å²) in [5, 5.41) is 2.86. The van der Waals surface area contributed by atoms with Crippen molar-refractivity contribution in [3.63, 3.8) is 0 Å². The fourth-order valence-electron chi connectivity index (χ4n) is 4.03. The number of likely N-dealkylation sites (tertiary alicyclic amines) is 1. The Bertz CT molecular complexity index is 1380. The summed E-state index contributed by atoms with van der Waals surface area (Å²) < 4.78 is 32.6. The van der Waals surface area contributed by atoms with Crippen LogP contribution in [0, 0.1) is 12.8 Å². The van der Waals surface area contributed by atoms with Gasteiger partial charge in [-0.2, -0.15) is 0 Å². The molecular formula is C25H31N5O5S. The monoisotopic (exact) mass is 513 g/mol. The van der Waals surface area contributed by atoms with Gasteiger partial charge in [0.2, 0.25) is 5.91 Å². The highest BCUT2D eigenvalue weighted by atomic mass is 32.2. The quantitative estimate of drug-likeness (QED) is 0.555. The minimum Gasteiger partial charge on any atom is -0.444 e. The van der Waals surface area contributed by atoms with Gasteiger partial charge in [-0.25, -0.2) is 27.2 Å².